The molecule has 0 saturated carbocycles. The maximum absolute atomic E-state index is 11.9. The molecule has 2 rings (SSSR count). The number of rotatable bonds is 3. The molecule has 0 N–H and O–H groups in total. The zero-order valence-electron chi connectivity index (χ0n) is 11.0. The van der Waals surface area contributed by atoms with Crippen LogP contribution in [0.5, 0.6) is 0 Å². The largest absolute Gasteiger partial charge is 0.465 e. The Labute approximate surface area is 117 Å². The number of carbonyl (C=O) groups is 1. The highest BCUT2D eigenvalue weighted by Crippen LogP contribution is 2.21. The third-order valence-electron chi connectivity index (χ3n) is 2.87. The van der Waals surface area contributed by atoms with Gasteiger partial charge in [0, 0.05) is 0 Å². The normalized spacial score (nSPS) is 10.7. The van der Waals surface area contributed by atoms with E-state index in [1.165, 1.54) is 7.11 Å². The van der Waals surface area contributed by atoms with Crippen LogP contribution < -0.4 is 0 Å². The first kappa shape index (κ1) is 13.6. The molecule has 0 fully saturated rings. The molecule has 3 heteroatoms. The lowest BCUT2D eigenvalue weighted by Crippen LogP contribution is -2.04. The van der Waals surface area contributed by atoms with E-state index in [1.54, 1.807) is 24.3 Å². The second kappa shape index (κ2) is 6.35. The third kappa shape index (κ3) is 2.93. The van der Waals surface area contributed by atoms with Crippen LogP contribution in [0.3, 0.4) is 0 Å². The Morgan fingerprint density at radius 2 is 1.75 bits per heavy atom. The molecule has 98 valence electrons. The van der Waals surface area contributed by atoms with Crippen LogP contribution in [0.2, 0.25) is 0 Å². The molecule has 2 aromatic carbocycles. The van der Waals surface area contributed by atoms with Gasteiger partial charge in [-0.1, -0.05) is 48.5 Å². The molecule has 0 aliphatic carbocycles. The van der Waals surface area contributed by atoms with Gasteiger partial charge in [-0.2, -0.15) is 5.26 Å². The van der Waals surface area contributed by atoms with Crippen molar-refractivity contribution in [2.45, 2.75) is 0 Å². The third-order valence-corrected chi connectivity index (χ3v) is 2.87. The monoisotopic (exact) mass is 263 g/mol. The van der Waals surface area contributed by atoms with Crippen molar-refractivity contribution >= 4 is 17.6 Å². The number of benzene rings is 2. The molecule has 0 aliphatic heterocycles. The molecule has 0 radical (unpaired) electrons. The average molecular weight is 263 g/mol. The molecule has 20 heavy (non-hydrogen) atoms. The maximum atomic E-state index is 11.9. The Kier molecular flexibility index (Phi) is 4.31. The predicted molar refractivity (Wildman–Crippen MR) is 77.5 cm³/mol. The van der Waals surface area contributed by atoms with Crippen LogP contribution in [-0.4, -0.2) is 13.1 Å². The lowest BCUT2D eigenvalue weighted by Gasteiger charge is -2.06. The topological polar surface area (TPSA) is 50.1 Å². The quantitative estimate of drug-likeness (QED) is 0.485. The van der Waals surface area contributed by atoms with Crippen LogP contribution >= 0.6 is 0 Å². The van der Waals surface area contributed by atoms with Gasteiger partial charge >= 0.3 is 5.97 Å². The Morgan fingerprint density at radius 1 is 1.10 bits per heavy atom. The fourth-order valence-corrected chi connectivity index (χ4v) is 1.87. The Bertz CT molecular complexity index is 682. The fourth-order valence-electron chi connectivity index (χ4n) is 1.87. The predicted octanol–water partition coefficient (Wildman–Crippen LogP) is 3.27. The van der Waals surface area contributed by atoms with Gasteiger partial charge < -0.3 is 4.74 Å². The van der Waals surface area contributed by atoms with E-state index in [1.807, 2.05) is 36.4 Å². The fraction of sp³-hybridized carbons (Fsp3) is 0.0588. The average Bonchev–Trinajstić information content (AvgIpc) is 2.53. The van der Waals surface area contributed by atoms with Crippen molar-refractivity contribution in [3.8, 4) is 6.07 Å². The van der Waals surface area contributed by atoms with E-state index < -0.39 is 5.97 Å². The summed E-state index contributed by atoms with van der Waals surface area (Å²) in [4.78, 5) is 11.9. The summed E-state index contributed by atoms with van der Waals surface area (Å²) in [5.41, 5.74) is 2.40. The van der Waals surface area contributed by atoms with Crippen molar-refractivity contribution in [3.05, 3.63) is 71.3 Å². The zero-order chi connectivity index (χ0) is 14.4. The van der Waals surface area contributed by atoms with E-state index in [9.17, 15) is 4.79 Å². The number of methoxy groups -OCH3 is 1. The first-order chi connectivity index (χ1) is 9.76. The van der Waals surface area contributed by atoms with Crippen LogP contribution in [0.1, 0.15) is 16.7 Å². The van der Waals surface area contributed by atoms with Gasteiger partial charge in [-0.05, 0) is 23.3 Å². The molecule has 0 atom stereocenters. The molecule has 0 unspecified atom stereocenters. The number of hydrogen-bond acceptors (Lipinski definition) is 3. The van der Waals surface area contributed by atoms with Crippen molar-refractivity contribution in [1.82, 2.24) is 0 Å². The van der Waals surface area contributed by atoms with Crippen molar-refractivity contribution in [3.63, 3.8) is 0 Å². The van der Waals surface area contributed by atoms with Crippen molar-refractivity contribution in [1.29, 1.82) is 5.26 Å². The van der Waals surface area contributed by atoms with Gasteiger partial charge in [-0.3, -0.25) is 0 Å². The standard InChI is InChI=1S/C17H13NO2/c1-20-17(19)16(13-7-3-2-4-8-13)11-14-9-5-6-10-15(14)12-18/h2-11H,1H3/b16-11+. The van der Waals surface area contributed by atoms with Gasteiger partial charge in [0.2, 0.25) is 0 Å². The molecule has 0 heterocycles. The number of esters is 1. The molecule has 0 aromatic heterocycles. The van der Waals surface area contributed by atoms with E-state index in [2.05, 4.69) is 6.07 Å². The maximum Gasteiger partial charge on any atom is 0.338 e. The molecular formula is C17H13NO2. The number of ether oxygens (including phenoxy) is 1. The molecular weight excluding hydrogens is 250 g/mol. The molecule has 0 spiro atoms. The van der Waals surface area contributed by atoms with Crippen LogP contribution in [0.15, 0.2) is 54.6 Å². The smallest absolute Gasteiger partial charge is 0.338 e. The zero-order valence-corrected chi connectivity index (χ0v) is 11.0. The highest BCUT2D eigenvalue weighted by Gasteiger charge is 2.13. The van der Waals surface area contributed by atoms with Gasteiger partial charge in [0.05, 0.1) is 24.3 Å². The van der Waals surface area contributed by atoms with Crippen LogP contribution in [0, 0.1) is 11.3 Å². The summed E-state index contributed by atoms with van der Waals surface area (Å²) >= 11 is 0. The second-order valence-electron chi connectivity index (χ2n) is 4.11. The highest BCUT2D eigenvalue weighted by molar-refractivity contribution is 6.21. The minimum atomic E-state index is -0.427. The van der Waals surface area contributed by atoms with Gasteiger partial charge in [0.15, 0.2) is 0 Å². The summed E-state index contributed by atoms with van der Waals surface area (Å²) in [7, 11) is 1.34. The van der Waals surface area contributed by atoms with E-state index in [0.29, 0.717) is 16.7 Å². The van der Waals surface area contributed by atoms with Crippen LogP contribution in [0.25, 0.3) is 11.6 Å². The van der Waals surface area contributed by atoms with E-state index in [-0.39, 0.29) is 0 Å². The highest BCUT2D eigenvalue weighted by atomic mass is 16.5. The summed E-state index contributed by atoms with van der Waals surface area (Å²) in [5.74, 6) is -0.427. The number of hydrogen-bond donors (Lipinski definition) is 0. The minimum absolute atomic E-state index is 0.427. The summed E-state index contributed by atoms with van der Waals surface area (Å²) in [6.45, 7) is 0. The molecule has 2 aromatic rings. The van der Waals surface area contributed by atoms with Crippen molar-refractivity contribution in [2.24, 2.45) is 0 Å². The first-order valence-corrected chi connectivity index (χ1v) is 6.11. The number of nitriles is 1. The Balaban J connectivity index is 2.55. The summed E-state index contributed by atoms with van der Waals surface area (Å²) in [5, 5.41) is 9.10. The van der Waals surface area contributed by atoms with Gasteiger partial charge in [-0.15, -0.1) is 0 Å². The van der Waals surface area contributed by atoms with Crippen LogP contribution in [0.4, 0.5) is 0 Å². The van der Waals surface area contributed by atoms with Gasteiger partial charge in [-0.25, -0.2) is 4.79 Å². The molecule has 3 nitrogen and oxygen atoms in total. The molecule has 0 aliphatic rings. The first-order valence-electron chi connectivity index (χ1n) is 6.11. The molecule has 0 bridgehead atoms. The van der Waals surface area contributed by atoms with Crippen molar-refractivity contribution < 1.29 is 9.53 Å². The van der Waals surface area contributed by atoms with Crippen molar-refractivity contribution in [2.75, 3.05) is 7.11 Å². The summed E-state index contributed by atoms with van der Waals surface area (Å²) in [6.07, 6.45) is 1.68. The van der Waals surface area contributed by atoms with Crippen LogP contribution in [-0.2, 0) is 9.53 Å². The second-order valence-corrected chi connectivity index (χ2v) is 4.11. The number of carbonyl (C=O) groups excluding carboxylic acids is 1. The van der Waals surface area contributed by atoms with Gasteiger partial charge in [0.25, 0.3) is 0 Å². The Morgan fingerprint density at radius 3 is 2.40 bits per heavy atom. The van der Waals surface area contributed by atoms with Gasteiger partial charge in [0.1, 0.15) is 0 Å². The number of nitrogens with zero attached hydrogens (tertiary/aromatic N) is 1. The van der Waals surface area contributed by atoms with E-state index in [4.69, 9.17) is 10.00 Å². The Hall–Kier alpha value is -2.86. The lowest BCUT2D eigenvalue weighted by atomic mass is 10.0. The molecule has 0 amide bonds. The summed E-state index contributed by atoms with van der Waals surface area (Å²) in [6, 6.07) is 18.5. The van der Waals surface area contributed by atoms with E-state index >= 15 is 0 Å². The van der Waals surface area contributed by atoms with E-state index in [0.717, 1.165) is 5.56 Å². The molecule has 0 saturated heterocycles. The lowest BCUT2D eigenvalue weighted by molar-refractivity contribution is -0.133. The minimum Gasteiger partial charge on any atom is -0.465 e. The SMILES string of the molecule is COC(=O)/C(=C/c1ccccc1C#N)c1ccccc1. The summed E-state index contributed by atoms with van der Waals surface area (Å²) < 4.78 is 4.82.